The van der Waals surface area contributed by atoms with E-state index in [0.717, 1.165) is 63.7 Å². The minimum absolute atomic E-state index is 0.154. The Morgan fingerprint density at radius 1 is 1.16 bits per heavy atom. The van der Waals surface area contributed by atoms with E-state index < -0.39 is 0 Å². The molecule has 170 valence electrons. The molecule has 0 atom stereocenters. The Hall–Kier alpha value is -1.92. The summed E-state index contributed by atoms with van der Waals surface area (Å²) in [6, 6.07) is 8.48. The van der Waals surface area contributed by atoms with E-state index in [0.29, 0.717) is 18.0 Å². The molecule has 3 N–H and O–H groups in total. The molecule has 1 amide bonds. The van der Waals surface area contributed by atoms with E-state index in [1.165, 1.54) is 5.56 Å². The Labute approximate surface area is 184 Å². The van der Waals surface area contributed by atoms with Gasteiger partial charge in [-0.3, -0.25) is 4.79 Å². The molecule has 31 heavy (non-hydrogen) atoms. The fourth-order valence-corrected chi connectivity index (χ4v) is 5.57. The minimum Gasteiger partial charge on any atom is -0.489 e. The van der Waals surface area contributed by atoms with E-state index in [4.69, 9.17) is 15.2 Å². The van der Waals surface area contributed by atoms with E-state index in [9.17, 15) is 9.18 Å². The second-order valence-corrected chi connectivity index (χ2v) is 9.56. The van der Waals surface area contributed by atoms with Crippen molar-refractivity contribution >= 4 is 5.91 Å². The predicted molar refractivity (Wildman–Crippen MR) is 119 cm³/mol. The zero-order valence-electron chi connectivity index (χ0n) is 18.5. The van der Waals surface area contributed by atoms with Gasteiger partial charge in [0.2, 0.25) is 5.91 Å². The van der Waals surface area contributed by atoms with Gasteiger partial charge in [-0.05, 0) is 81.4 Å². The molecular formula is C25H35FN2O3. The highest BCUT2D eigenvalue weighted by atomic mass is 19.1. The van der Waals surface area contributed by atoms with Crippen molar-refractivity contribution < 1.29 is 18.7 Å². The lowest BCUT2D eigenvalue weighted by atomic mass is 9.51. The summed E-state index contributed by atoms with van der Waals surface area (Å²) >= 11 is 0. The molecule has 0 radical (unpaired) electrons. The Morgan fingerprint density at radius 3 is 2.35 bits per heavy atom. The van der Waals surface area contributed by atoms with Gasteiger partial charge in [0.05, 0.1) is 12.4 Å². The van der Waals surface area contributed by atoms with Crippen LogP contribution in [0.15, 0.2) is 36.2 Å². The van der Waals surface area contributed by atoms with Crippen molar-refractivity contribution in [3.8, 4) is 5.75 Å². The number of nitrogens with two attached hydrogens (primary N) is 1. The smallest absolute Gasteiger partial charge is 0.226 e. The van der Waals surface area contributed by atoms with E-state index in [-0.39, 0.29) is 35.9 Å². The minimum atomic E-state index is -0.182. The second kappa shape index (κ2) is 9.29. The van der Waals surface area contributed by atoms with Gasteiger partial charge in [0.15, 0.2) is 0 Å². The normalized spacial score (nSPS) is 32.4. The molecule has 4 fully saturated rings. The summed E-state index contributed by atoms with van der Waals surface area (Å²) in [5.74, 6) is 0.986. The Kier molecular flexibility index (Phi) is 6.68. The van der Waals surface area contributed by atoms with E-state index >= 15 is 0 Å². The third-order valence-electron chi connectivity index (χ3n) is 7.87. The summed E-state index contributed by atoms with van der Waals surface area (Å²) in [7, 11) is 0. The first-order chi connectivity index (χ1) is 15.0. The molecule has 0 spiro atoms. The maximum Gasteiger partial charge on any atom is 0.226 e. The number of fused-ring (bicyclic) bond motifs is 3. The summed E-state index contributed by atoms with van der Waals surface area (Å²) in [5.41, 5.74) is 7.22. The molecule has 1 aromatic rings. The average molecular weight is 431 g/mol. The third kappa shape index (κ3) is 4.51. The van der Waals surface area contributed by atoms with Crippen molar-refractivity contribution in [1.82, 2.24) is 5.32 Å². The van der Waals surface area contributed by atoms with Gasteiger partial charge in [0.1, 0.15) is 12.4 Å². The van der Waals surface area contributed by atoms with Gasteiger partial charge < -0.3 is 20.5 Å². The van der Waals surface area contributed by atoms with Crippen molar-refractivity contribution in [3.63, 3.8) is 0 Å². The van der Waals surface area contributed by atoms with Crippen LogP contribution in [0.1, 0.15) is 63.9 Å². The van der Waals surface area contributed by atoms with E-state index in [1.807, 2.05) is 19.1 Å². The molecule has 6 heteroatoms. The second-order valence-electron chi connectivity index (χ2n) is 9.56. The fraction of sp³-hybridized carbons (Fsp3) is 0.640. The molecule has 5 rings (SSSR count). The third-order valence-corrected chi connectivity index (χ3v) is 7.87. The highest BCUT2D eigenvalue weighted by Gasteiger charge is 2.53. The van der Waals surface area contributed by atoms with E-state index in [1.54, 1.807) is 0 Å². The van der Waals surface area contributed by atoms with Crippen LogP contribution in [0.25, 0.3) is 0 Å². The van der Waals surface area contributed by atoms with Gasteiger partial charge in [-0.15, -0.1) is 0 Å². The van der Waals surface area contributed by atoms with Crippen LogP contribution in [0.2, 0.25) is 0 Å². The van der Waals surface area contributed by atoms with Crippen molar-refractivity contribution in [2.24, 2.45) is 11.1 Å². The Bertz CT molecular complexity index is 777. The lowest BCUT2D eigenvalue weighted by Crippen LogP contribution is -2.56. The van der Waals surface area contributed by atoms with Crippen molar-refractivity contribution in [2.45, 2.75) is 75.9 Å². The number of hydrogen-bond donors (Lipinski definition) is 2. The van der Waals surface area contributed by atoms with Gasteiger partial charge >= 0.3 is 0 Å². The highest BCUT2D eigenvalue weighted by Crippen LogP contribution is 2.58. The van der Waals surface area contributed by atoms with Crippen LogP contribution in [0.3, 0.4) is 0 Å². The Balaban J connectivity index is 1.32. The summed E-state index contributed by atoms with van der Waals surface area (Å²) < 4.78 is 23.9. The van der Waals surface area contributed by atoms with E-state index in [2.05, 4.69) is 17.4 Å². The van der Waals surface area contributed by atoms with Crippen molar-refractivity contribution in [2.75, 3.05) is 19.8 Å². The van der Waals surface area contributed by atoms with Crippen molar-refractivity contribution in [3.05, 3.63) is 41.7 Å². The zero-order valence-corrected chi connectivity index (χ0v) is 18.5. The Morgan fingerprint density at radius 2 is 1.81 bits per heavy atom. The molecule has 0 aliphatic heterocycles. The number of carbonyl (C=O) groups excluding carboxylic acids is 1. The number of hydrogen-bond acceptors (Lipinski definition) is 4. The van der Waals surface area contributed by atoms with Gasteiger partial charge in [-0.1, -0.05) is 12.1 Å². The maximum atomic E-state index is 13.1. The van der Waals surface area contributed by atoms with Crippen LogP contribution < -0.4 is 15.8 Å². The summed E-state index contributed by atoms with van der Waals surface area (Å²) in [6.45, 7) is 3.08. The molecule has 5 nitrogen and oxygen atoms in total. The monoisotopic (exact) mass is 430 g/mol. The van der Waals surface area contributed by atoms with Gasteiger partial charge in [0.25, 0.3) is 0 Å². The molecule has 0 saturated heterocycles. The number of halogens is 1. The topological polar surface area (TPSA) is 73.6 Å². The number of nitrogens with one attached hydrogen (secondary N) is 1. The molecule has 4 saturated carbocycles. The van der Waals surface area contributed by atoms with Gasteiger partial charge in [0, 0.05) is 30.2 Å². The quantitative estimate of drug-likeness (QED) is 0.617. The molecule has 4 aliphatic carbocycles. The van der Waals surface area contributed by atoms with Crippen LogP contribution in [-0.4, -0.2) is 37.8 Å². The first-order valence-electron chi connectivity index (χ1n) is 11.7. The predicted octanol–water partition coefficient (Wildman–Crippen LogP) is 4.15. The number of carbonyl (C=O) groups is 1. The fourth-order valence-electron chi connectivity index (χ4n) is 5.57. The first-order valence-corrected chi connectivity index (χ1v) is 11.7. The van der Waals surface area contributed by atoms with Gasteiger partial charge in [-0.2, -0.15) is 0 Å². The molecule has 0 aromatic heterocycles. The molecule has 0 heterocycles. The maximum absolute atomic E-state index is 13.1. The summed E-state index contributed by atoms with van der Waals surface area (Å²) in [6.07, 6.45) is 8.75. The first kappa shape index (κ1) is 22.3. The lowest BCUT2D eigenvalue weighted by Gasteiger charge is -2.53. The number of rotatable bonds is 9. The van der Waals surface area contributed by atoms with Crippen LogP contribution in [-0.2, 0) is 14.9 Å². The molecule has 1 aromatic carbocycles. The standard InChI is InChI=1S/C25H35FN2O3/c1-2-30-22-13-20(14-22)28-23(29)25-10-7-24(8-11-25,9-12-25)19-3-5-21(6-4-19)31-17-18(15-26)16-27/h3-6,15,20,22H,2,7-14,16-17,27H2,1H3,(H,28,29)/b18-15+. The molecule has 2 bridgehead atoms. The number of benzene rings is 1. The zero-order chi connectivity index (χ0) is 21.9. The number of ether oxygens (including phenoxy) is 2. The van der Waals surface area contributed by atoms with Gasteiger partial charge in [-0.25, -0.2) is 4.39 Å². The van der Waals surface area contributed by atoms with Crippen LogP contribution in [0, 0.1) is 5.41 Å². The molecule has 4 aliphatic rings. The van der Waals surface area contributed by atoms with Crippen LogP contribution in [0.5, 0.6) is 5.75 Å². The molecule has 0 unspecified atom stereocenters. The summed E-state index contributed by atoms with van der Waals surface area (Å²) in [4.78, 5) is 13.1. The summed E-state index contributed by atoms with van der Waals surface area (Å²) in [5, 5.41) is 3.31. The van der Waals surface area contributed by atoms with Crippen molar-refractivity contribution in [1.29, 1.82) is 0 Å². The highest BCUT2D eigenvalue weighted by molar-refractivity contribution is 5.83. The largest absolute Gasteiger partial charge is 0.489 e. The number of amides is 1. The average Bonchev–Trinajstić information content (AvgIpc) is 2.80. The van der Waals surface area contributed by atoms with Crippen LogP contribution in [0.4, 0.5) is 4.39 Å². The van der Waals surface area contributed by atoms with Crippen LogP contribution >= 0.6 is 0 Å². The SMILES string of the molecule is CCOC1CC(NC(=O)C23CCC(c4ccc(OC/C(=C/F)CN)cc4)(CC2)CC3)C1. The molecular weight excluding hydrogens is 395 g/mol. The lowest BCUT2D eigenvalue weighted by molar-refractivity contribution is -0.140.